The third kappa shape index (κ3) is 5.70. The summed E-state index contributed by atoms with van der Waals surface area (Å²) in [5.74, 6) is 0.969. The van der Waals surface area contributed by atoms with Crippen molar-refractivity contribution in [3.05, 3.63) is 107 Å². The molecule has 0 bridgehead atoms. The molecule has 1 N–H and O–H groups in total. The molecule has 4 aromatic carbocycles. The highest BCUT2D eigenvalue weighted by atomic mass is 35.5. The Bertz CT molecular complexity index is 1300. The number of nitrogens with zero attached hydrogens (tertiary/aromatic N) is 1. The standard InChI is InChI=1S/C27H23ClN2O3/c1-32-26-15-19(13-14-25(26)33-18-22-8-3-5-12-24(22)28)17-29-30-27(31)16-21-10-6-9-20-7-2-4-11-23(20)21/h2-15,17H,16,18H2,1H3,(H,30,31)/b29-17-. The van der Waals surface area contributed by atoms with E-state index in [0.29, 0.717) is 23.1 Å². The van der Waals surface area contributed by atoms with Crippen molar-refractivity contribution in [2.75, 3.05) is 7.11 Å². The van der Waals surface area contributed by atoms with Crippen molar-refractivity contribution in [3.63, 3.8) is 0 Å². The Morgan fingerprint density at radius 1 is 0.939 bits per heavy atom. The number of hydrogen-bond acceptors (Lipinski definition) is 4. The molecule has 0 radical (unpaired) electrons. The zero-order valence-corrected chi connectivity index (χ0v) is 18.9. The summed E-state index contributed by atoms with van der Waals surface area (Å²) in [5.41, 5.74) is 5.21. The normalized spacial score (nSPS) is 11.0. The summed E-state index contributed by atoms with van der Waals surface area (Å²) in [7, 11) is 1.57. The summed E-state index contributed by atoms with van der Waals surface area (Å²) < 4.78 is 11.3. The summed E-state index contributed by atoms with van der Waals surface area (Å²) in [4.78, 5) is 12.4. The van der Waals surface area contributed by atoms with E-state index in [1.807, 2.05) is 72.8 Å². The number of carbonyl (C=O) groups excluding carboxylic acids is 1. The van der Waals surface area contributed by atoms with Crippen LogP contribution in [0.25, 0.3) is 10.8 Å². The van der Waals surface area contributed by atoms with E-state index in [2.05, 4.69) is 10.5 Å². The third-order valence-electron chi connectivity index (χ3n) is 5.16. The molecular weight excluding hydrogens is 436 g/mol. The molecule has 0 aliphatic heterocycles. The first-order chi connectivity index (χ1) is 16.1. The van der Waals surface area contributed by atoms with Crippen molar-refractivity contribution < 1.29 is 14.3 Å². The van der Waals surface area contributed by atoms with Crippen LogP contribution >= 0.6 is 11.6 Å². The molecule has 33 heavy (non-hydrogen) atoms. The van der Waals surface area contributed by atoms with E-state index in [1.165, 1.54) is 0 Å². The van der Waals surface area contributed by atoms with Crippen molar-refractivity contribution in [3.8, 4) is 11.5 Å². The molecule has 6 heteroatoms. The van der Waals surface area contributed by atoms with Gasteiger partial charge < -0.3 is 9.47 Å². The van der Waals surface area contributed by atoms with Gasteiger partial charge in [-0.2, -0.15) is 5.10 Å². The Morgan fingerprint density at radius 2 is 1.70 bits per heavy atom. The van der Waals surface area contributed by atoms with Crippen LogP contribution in [0.1, 0.15) is 16.7 Å². The van der Waals surface area contributed by atoms with Crippen LogP contribution in [0.3, 0.4) is 0 Å². The van der Waals surface area contributed by atoms with E-state index in [9.17, 15) is 4.79 Å². The topological polar surface area (TPSA) is 59.9 Å². The van der Waals surface area contributed by atoms with Gasteiger partial charge in [-0.1, -0.05) is 72.3 Å². The number of methoxy groups -OCH3 is 1. The predicted molar refractivity (Wildman–Crippen MR) is 132 cm³/mol. The van der Waals surface area contributed by atoms with Gasteiger partial charge in [-0.3, -0.25) is 4.79 Å². The summed E-state index contributed by atoms with van der Waals surface area (Å²) in [6.07, 6.45) is 1.82. The lowest BCUT2D eigenvalue weighted by Gasteiger charge is -2.12. The fourth-order valence-electron chi connectivity index (χ4n) is 3.49. The lowest BCUT2D eigenvalue weighted by molar-refractivity contribution is -0.120. The second kappa shape index (κ2) is 10.7. The average Bonchev–Trinajstić information content (AvgIpc) is 2.84. The molecular formula is C27H23ClN2O3. The number of benzene rings is 4. The zero-order chi connectivity index (χ0) is 23.0. The Hall–Kier alpha value is -3.83. The molecule has 0 spiro atoms. The highest BCUT2D eigenvalue weighted by molar-refractivity contribution is 6.31. The Kier molecular flexibility index (Phi) is 7.22. The van der Waals surface area contributed by atoms with Gasteiger partial charge in [0.15, 0.2) is 11.5 Å². The molecule has 0 heterocycles. The van der Waals surface area contributed by atoms with Crippen LogP contribution in [0.5, 0.6) is 11.5 Å². The molecule has 0 saturated carbocycles. The smallest absolute Gasteiger partial charge is 0.244 e. The van der Waals surface area contributed by atoms with E-state index in [0.717, 1.165) is 27.5 Å². The fraction of sp³-hybridized carbons (Fsp3) is 0.111. The minimum absolute atomic E-state index is 0.186. The second-order valence-corrected chi connectivity index (χ2v) is 7.81. The first-order valence-corrected chi connectivity index (χ1v) is 10.8. The Morgan fingerprint density at radius 3 is 2.55 bits per heavy atom. The van der Waals surface area contributed by atoms with Crippen molar-refractivity contribution in [1.82, 2.24) is 5.43 Å². The van der Waals surface area contributed by atoms with E-state index in [1.54, 1.807) is 25.5 Å². The maximum atomic E-state index is 12.4. The van der Waals surface area contributed by atoms with E-state index in [4.69, 9.17) is 21.1 Å². The fourth-order valence-corrected chi connectivity index (χ4v) is 3.68. The largest absolute Gasteiger partial charge is 0.493 e. The van der Waals surface area contributed by atoms with Gasteiger partial charge in [-0.25, -0.2) is 5.43 Å². The quantitative estimate of drug-likeness (QED) is 0.269. The average molecular weight is 459 g/mol. The SMILES string of the molecule is COc1cc(/C=N\NC(=O)Cc2cccc3ccccc23)ccc1OCc1ccccc1Cl. The number of nitrogens with one attached hydrogen (secondary N) is 1. The van der Waals surface area contributed by atoms with E-state index in [-0.39, 0.29) is 12.3 Å². The van der Waals surface area contributed by atoms with Crippen LogP contribution < -0.4 is 14.9 Å². The predicted octanol–water partition coefficient (Wildman–Crippen LogP) is 5.77. The molecule has 5 nitrogen and oxygen atoms in total. The molecule has 0 saturated heterocycles. The molecule has 4 aromatic rings. The Labute approximate surface area is 197 Å². The maximum Gasteiger partial charge on any atom is 0.244 e. The number of fused-ring (bicyclic) bond motifs is 1. The number of ether oxygens (including phenoxy) is 2. The van der Waals surface area contributed by atoms with Crippen molar-refractivity contribution >= 4 is 34.5 Å². The van der Waals surface area contributed by atoms with Gasteiger partial charge in [0.1, 0.15) is 6.61 Å². The highest BCUT2D eigenvalue weighted by Gasteiger charge is 2.08. The van der Waals surface area contributed by atoms with Crippen LogP contribution in [0.15, 0.2) is 90.0 Å². The maximum absolute atomic E-state index is 12.4. The number of hydrogen-bond donors (Lipinski definition) is 1. The van der Waals surface area contributed by atoms with Crippen LogP contribution in [-0.2, 0) is 17.8 Å². The first kappa shape index (κ1) is 22.4. The summed E-state index contributed by atoms with van der Waals surface area (Å²) in [6, 6.07) is 26.9. The van der Waals surface area contributed by atoms with Crippen LogP contribution in [0, 0.1) is 0 Å². The number of amides is 1. The lowest BCUT2D eigenvalue weighted by Crippen LogP contribution is -2.19. The van der Waals surface area contributed by atoms with Gasteiger partial charge >= 0.3 is 0 Å². The summed E-state index contributed by atoms with van der Waals surface area (Å²) in [5, 5.41) is 6.91. The molecule has 1 amide bonds. The third-order valence-corrected chi connectivity index (χ3v) is 5.53. The molecule has 0 aliphatic rings. The number of carbonyl (C=O) groups is 1. The molecule has 0 atom stereocenters. The Balaban J connectivity index is 1.37. The minimum Gasteiger partial charge on any atom is -0.493 e. The first-order valence-electron chi connectivity index (χ1n) is 10.5. The molecule has 0 aromatic heterocycles. The van der Waals surface area contributed by atoms with Gasteiger partial charge in [0.2, 0.25) is 5.91 Å². The molecule has 0 unspecified atom stereocenters. The number of halogens is 1. The molecule has 0 fully saturated rings. The van der Waals surface area contributed by atoms with Gasteiger partial charge in [-0.05, 0) is 46.2 Å². The lowest BCUT2D eigenvalue weighted by atomic mass is 10.0. The van der Waals surface area contributed by atoms with Gasteiger partial charge in [0.25, 0.3) is 0 Å². The monoisotopic (exact) mass is 458 g/mol. The van der Waals surface area contributed by atoms with E-state index < -0.39 is 0 Å². The molecule has 4 rings (SSSR count). The van der Waals surface area contributed by atoms with Crippen molar-refractivity contribution in [1.29, 1.82) is 0 Å². The van der Waals surface area contributed by atoms with Gasteiger partial charge in [0.05, 0.1) is 19.7 Å². The minimum atomic E-state index is -0.186. The number of hydrazone groups is 1. The van der Waals surface area contributed by atoms with Crippen LogP contribution in [0.4, 0.5) is 0 Å². The highest BCUT2D eigenvalue weighted by Crippen LogP contribution is 2.29. The van der Waals surface area contributed by atoms with Crippen molar-refractivity contribution in [2.45, 2.75) is 13.0 Å². The zero-order valence-electron chi connectivity index (χ0n) is 18.1. The van der Waals surface area contributed by atoms with Gasteiger partial charge in [-0.15, -0.1) is 0 Å². The summed E-state index contributed by atoms with van der Waals surface area (Å²) >= 11 is 6.19. The van der Waals surface area contributed by atoms with Crippen molar-refractivity contribution in [2.24, 2.45) is 5.10 Å². The van der Waals surface area contributed by atoms with Crippen LogP contribution in [0.2, 0.25) is 5.02 Å². The number of rotatable bonds is 8. The van der Waals surface area contributed by atoms with Crippen LogP contribution in [-0.4, -0.2) is 19.2 Å². The second-order valence-electron chi connectivity index (χ2n) is 7.40. The summed E-state index contributed by atoms with van der Waals surface area (Å²) in [6.45, 7) is 0.327. The van der Waals surface area contributed by atoms with Gasteiger partial charge in [0, 0.05) is 10.6 Å². The molecule has 166 valence electrons. The molecule has 0 aliphatic carbocycles. The van der Waals surface area contributed by atoms with E-state index >= 15 is 0 Å².